The number of para-hydroxylation sites is 1. The summed E-state index contributed by atoms with van der Waals surface area (Å²) in [6.45, 7) is 0.424. The van der Waals surface area contributed by atoms with Gasteiger partial charge in [-0.05, 0) is 24.3 Å². The summed E-state index contributed by atoms with van der Waals surface area (Å²) < 4.78 is 32.3. The van der Waals surface area contributed by atoms with Gasteiger partial charge in [0.2, 0.25) is 10.0 Å². The summed E-state index contributed by atoms with van der Waals surface area (Å²) in [5, 5.41) is 2.76. The fraction of sp³-hybridized carbons (Fsp3) is 0.214. The Morgan fingerprint density at radius 3 is 2.62 bits per heavy atom. The Morgan fingerprint density at radius 1 is 1.14 bits per heavy atom. The van der Waals surface area contributed by atoms with E-state index in [0.717, 1.165) is 0 Å². The van der Waals surface area contributed by atoms with Crippen molar-refractivity contribution >= 4 is 15.8 Å². The van der Waals surface area contributed by atoms with Crippen LogP contribution in [0.3, 0.4) is 0 Å². The molecule has 0 spiro atoms. The third-order valence-electron chi connectivity index (χ3n) is 2.70. The number of hydrogen-bond acceptors (Lipinski definition) is 5. The number of anilines is 1. The van der Waals surface area contributed by atoms with E-state index >= 15 is 0 Å². The zero-order valence-electron chi connectivity index (χ0n) is 11.6. The lowest BCUT2D eigenvalue weighted by Crippen LogP contribution is -2.29. The fourth-order valence-electron chi connectivity index (χ4n) is 1.73. The minimum absolute atomic E-state index is 0.118. The van der Waals surface area contributed by atoms with E-state index in [4.69, 9.17) is 4.74 Å². The number of ether oxygens (including phenoxy) is 1. The van der Waals surface area contributed by atoms with Crippen LogP contribution in [0.15, 0.2) is 53.6 Å². The summed E-state index contributed by atoms with van der Waals surface area (Å²) in [6.07, 6.45) is 1.53. The van der Waals surface area contributed by atoms with Crippen molar-refractivity contribution < 1.29 is 13.2 Å². The van der Waals surface area contributed by atoms with Crippen molar-refractivity contribution in [3.8, 4) is 5.75 Å². The number of nitrogens with one attached hydrogen (secondary N) is 2. The van der Waals surface area contributed by atoms with E-state index in [1.165, 1.54) is 12.3 Å². The van der Waals surface area contributed by atoms with Crippen molar-refractivity contribution in [2.45, 2.75) is 4.90 Å². The number of rotatable bonds is 7. The zero-order chi connectivity index (χ0) is 15.1. The first-order valence-electron chi connectivity index (χ1n) is 6.44. The molecule has 0 saturated carbocycles. The Bertz CT molecular complexity index is 675. The Balaban J connectivity index is 1.93. The first-order valence-corrected chi connectivity index (χ1v) is 7.92. The molecule has 0 aliphatic carbocycles. The van der Waals surface area contributed by atoms with Gasteiger partial charge in [-0.3, -0.25) is 0 Å². The Morgan fingerprint density at radius 2 is 1.90 bits per heavy atom. The lowest BCUT2D eigenvalue weighted by molar-refractivity contribution is 0.323. The maximum absolute atomic E-state index is 12.2. The van der Waals surface area contributed by atoms with Gasteiger partial charge in [0.1, 0.15) is 23.1 Å². The molecule has 0 amide bonds. The largest absolute Gasteiger partial charge is 0.492 e. The standard InChI is InChI=1S/C14H17N3O3S/c1-15-14-13(8-5-9-16-14)21(18,19)17-10-11-20-12-6-3-2-4-7-12/h2-9,17H,10-11H2,1H3,(H,15,16). The number of pyridine rings is 1. The SMILES string of the molecule is CNc1ncccc1S(=O)(=O)NCCOc1ccccc1. The number of nitrogens with zero attached hydrogens (tertiary/aromatic N) is 1. The van der Waals surface area contributed by atoms with Crippen molar-refractivity contribution in [3.63, 3.8) is 0 Å². The third kappa shape index (κ3) is 4.17. The molecule has 1 aromatic heterocycles. The molecule has 0 radical (unpaired) electrons. The molecule has 2 rings (SSSR count). The van der Waals surface area contributed by atoms with Gasteiger partial charge in [0.25, 0.3) is 0 Å². The van der Waals surface area contributed by atoms with Crippen LogP contribution in [0, 0.1) is 0 Å². The van der Waals surface area contributed by atoms with Crippen LogP contribution in [0.1, 0.15) is 0 Å². The van der Waals surface area contributed by atoms with Gasteiger partial charge in [0.15, 0.2) is 0 Å². The Labute approximate surface area is 124 Å². The van der Waals surface area contributed by atoms with E-state index in [1.807, 2.05) is 30.3 Å². The summed E-state index contributed by atoms with van der Waals surface area (Å²) >= 11 is 0. The number of aromatic nitrogens is 1. The molecule has 2 N–H and O–H groups in total. The summed E-state index contributed by atoms with van der Waals surface area (Å²) in [7, 11) is -1.99. The monoisotopic (exact) mass is 307 g/mol. The van der Waals surface area contributed by atoms with Crippen LogP contribution < -0.4 is 14.8 Å². The van der Waals surface area contributed by atoms with Gasteiger partial charge in [0, 0.05) is 19.8 Å². The van der Waals surface area contributed by atoms with Crippen molar-refractivity contribution in [2.24, 2.45) is 0 Å². The van der Waals surface area contributed by atoms with E-state index in [-0.39, 0.29) is 18.0 Å². The van der Waals surface area contributed by atoms with Crippen LogP contribution in [0.2, 0.25) is 0 Å². The first kappa shape index (κ1) is 15.3. The highest BCUT2D eigenvalue weighted by Gasteiger charge is 2.18. The summed E-state index contributed by atoms with van der Waals surface area (Å²) in [6, 6.07) is 12.3. The van der Waals surface area contributed by atoms with E-state index in [9.17, 15) is 8.42 Å². The fourth-order valence-corrected chi connectivity index (χ4v) is 2.91. The maximum atomic E-state index is 12.2. The predicted molar refractivity (Wildman–Crippen MR) is 80.9 cm³/mol. The van der Waals surface area contributed by atoms with Crippen LogP contribution in [-0.4, -0.2) is 33.6 Å². The van der Waals surface area contributed by atoms with Gasteiger partial charge >= 0.3 is 0 Å². The van der Waals surface area contributed by atoms with Gasteiger partial charge in [-0.2, -0.15) is 0 Å². The summed E-state index contributed by atoms with van der Waals surface area (Å²) in [4.78, 5) is 4.10. The molecule has 6 nitrogen and oxygen atoms in total. The molecular formula is C14H17N3O3S. The second-order valence-corrected chi connectivity index (χ2v) is 5.89. The molecule has 1 aromatic carbocycles. The molecule has 0 aliphatic rings. The van der Waals surface area contributed by atoms with Crippen molar-refractivity contribution in [1.29, 1.82) is 0 Å². The van der Waals surface area contributed by atoms with Crippen molar-refractivity contribution in [3.05, 3.63) is 48.7 Å². The van der Waals surface area contributed by atoms with Gasteiger partial charge in [0.05, 0.1) is 0 Å². The molecule has 7 heteroatoms. The highest BCUT2D eigenvalue weighted by Crippen LogP contribution is 2.16. The molecule has 0 atom stereocenters. The van der Waals surface area contributed by atoms with E-state index < -0.39 is 10.0 Å². The van der Waals surface area contributed by atoms with Crippen LogP contribution in [0.4, 0.5) is 5.82 Å². The van der Waals surface area contributed by atoms with E-state index in [2.05, 4.69) is 15.0 Å². The van der Waals surface area contributed by atoms with Crippen LogP contribution >= 0.6 is 0 Å². The molecule has 0 bridgehead atoms. The minimum Gasteiger partial charge on any atom is -0.492 e. The first-order chi connectivity index (χ1) is 10.1. The molecule has 0 aliphatic heterocycles. The molecule has 0 fully saturated rings. The minimum atomic E-state index is -3.61. The quantitative estimate of drug-likeness (QED) is 0.757. The van der Waals surface area contributed by atoms with Crippen LogP contribution in [0.5, 0.6) is 5.75 Å². The maximum Gasteiger partial charge on any atom is 0.244 e. The molecular weight excluding hydrogens is 290 g/mol. The van der Waals surface area contributed by atoms with Crippen LogP contribution in [-0.2, 0) is 10.0 Å². The highest BCUT2D eigenvalue weighted by atomic mass is 32.2. The molecule has 2 aromatic rings. The lowest BCUT2D eigenvalue weighted by atomic mass is 10.3. The topological polar surface area (TPSA) is 80.3 Å². The molecule has 0 saturated heterocycles. The van der Waals surface area contributed by atoms with Crippen LogP contribution in [0.25, 0.3) is 0 Å². The van der Waals surface area contributed by atoms with E-state index in [1.54, 1.807) is 13.1 Å². The Kier molecular flexibility index (Phi) is 5.13. The second-order valence-electron chi connectivity index (χ2n) is 4.16. The van der Waals surface area contributed by atoms with Gasteiger partial charge in [-0.15, -0.1) is 0 Å². The average molecular weight is 307 g/mol. The lowest BCUT2D eigenvalue weighted by Gasteiger charge is -2.10. The highest BCUT2D eigenvalue weighted by molar-refractivity contribution is 7.89. The number of benzene rings is 1. The number of sulfonamides is 1. The van der Waals surface area contributed by atoms with Gasteiger partial charge in [-0.25, -0.2) is 18.1 Å². The zero-order valence-corrected chi connectivity index (χ0v) is 12.4. The third-order valence-corrected chi connectivity index (χ3v) is 4.20. The van der Waals surface area contributed by atoms with Crippen molar-refractivity contribution in [2.75, 3.05) is 25.5 Å². The van der Waals surface area contributed by atoms with E-state index in [0.29, 0.717) is 11.6 Å². The summed E-state index contributed by atoms with van der Waals surface area (Å²) in [5.41, 5.74) is 0. The smallest absolute Gasteiger partial charge is 0.244 e. The Hall–Kier alpha value is -2.12. The molecule has 21 heavy (non-hydrogen) atoms. The van der Waals surface area contributed by atoms with Gasteiger partial charge in [-0.1, -0.05) is 18.2 Å². The second kappa shape index (κ2) is 7.05. The molecule has 0 unspecified atom stereocenters. The molecule has 1 heterocycles. The predicted octanol–water partition coefficient (Wildman–Crippen LogP) is 1.48. The number of hydrogen-bond donors (Lipinski definition) is 2. The summed E-state index contributed by atoms with van der Waals surface area (Å²) in [5.74, 6) is 1.02. The average Bonchev–Trinajstić information content (AvgIpc) is 2.52. The van der Waals surface area contributed by atoms with Crippen molar-refractivity contribution in [1.82, 2.24) is 9.71 Å². The molecule has 112 valence electrons. The van der Waals surface area contributed by atoms with Gasteiger partial charge < -0.3 is 10.1 Å². The normalized spacial score (nSPS) is 11.1.